The highest BCUT2D eigenvalue weighted by Crippen LogP contribution is 2.21. The zero-order valence-corrected chi connectivity index (χ0v) is 19.4. The first-order valence-corrected chi connectivity index (χ1v) is 12.0. The molecule has 0 spiro atoms. The van der Waals surface area contributed by atoms with Crippen LogP contribution < -0.4 is 10.6 Å². The fourth-order valence-electron chi connectivity index (χ4n) is 4.40. The van der Waals surface area contributed by atoms with Crippen LogP contribution in [0.3, 0.4) is 0 Å². The SMILES string of the molecule is CCc1nncn1CCNC(=NCC(c1ccccc1)N(CC)CC)NC1CCCC1. The van der Waals surface area contributed by atoms with Crippen molar-refractivity contribution in [1.29, 1.82) is 0 Å². The lowest BCUT2D eigenvalue weighted by Gasteiger charge is -2.29. The van der Waals surface area contributed by atoms with Crippen LogP contribution >= 0.6 is 0 Å². The fourth-order valence-corrected chi connectivity index (χ4v) is 4.40. The maximum atomic E-state index is 5.05. The van der Waals surface area contributed by atoms with Crippen LogP contribution in [0.15, 0.2) is 41.7 Å². The molecule has 1 saturated carbocycles. The number of aromatic nitrogens is 3. The molecule has 1 atom stereocenters. The van der Waals surface area contributed by atoms with E-state index in [9.17, 15) is 0 Å². The molecule has 2 aromatic rings. The van der Waals surface area contributed by atoms with Crippen LogP contribution in [-0.4, -0.2) is 57.8 Å². The van der Waals surface area contributed by atoms with Gasteiger partial charge in [-0.3, -0.25) is 9.89 Å². The molecule has 0 radical (unpaired) electrons. The van der Waals surface area contributed by atoms with Gasteiger partial charge in [-0.25, -0.2) is 0 Å². The quantitative estimate of drug-likeness (QED) is 0.427. The minimum atomic E-state index is 0.280. The molecule has 1 aromatic heterocycles. The van der Waals surface area contributed by atoms with Gasteiger partial charge in [-0.2, -0.15) is 0 Å². The Morgan fingerprint density at radius 2 is 1.90 bits per heavy atom. The first-order chi connectivity index (χ1) is 15.2. The third-order valence-corrected chi connectivity index (χ3v) is 6.21. The monoisotopic (exact) mass is 425 g/mol. The molecule has 0 amide bonds. The van der Waals surface area contributed by atoms with Gasteiger partial charge in [0.15, 0.2) is 5.96 Å². The van der Waals surface area contributed by atoms with Crippen LogP contribution in [0.25, 0.3) is 0 Å². The van der Waals surface area contributed by atoms with Gasteiger partial charge in [0.05, 0.1) is 12.6 Å². The van der Waals surface area contributed by atoms with Gasteiger partial charge in [-0.15, -0.1) is 10.2 Å². The number of aliphatic imine (C=N–C) groups is 1. The van der Waals surface area contributed by atoms with Crippen LogP contribution in [0.4, 0.5) is 0 Å². The molecule has 3 rings (SSSR count). The third kappa shape index (κ3) is 6.79. The molecule has 1 aromatic carbocycles. The second-order valence-corrected chi connectivity index (χ2v) is 8.18. The Labute approximate surface area is 187 Å². The summed E-state index contributed by atoms with van der Waals surface area (Å²) in [5.74, 6) is 1.95. The van der Waals surface area contributed by atoms with Crippen molar-refractivity contribution >= 4 is 5.96 Å². The normalized spacial score (nSPS) is 16.1. The average Bonchev–Trinajstić information content (AvgIpc) is 3.48. The Balaban J connectivity index is 1.69. The lowest BCUT2D eigenvalue weighted by atomic mass is 10.1. The maximum absolute atomic E-state index is 5.05. The molecule has 1 aliphatic carbocycles. The zero-order chi connectivity index (χ0) is 21.9. The minimum Gasteiger partial charge on any atom is -0.355 e. The van der Waals surface area contributed by atoms with Crippen molar-refractivity contribution in [3.63, 3.8) is 0 Å². The van der Waals surface area contributed by atoms with E-state index in [1.807, 2.05) is 6.33 Å². The van der Waals surface area contributed by atoms with Crippen molar-refractivity contribution in [3.05, 3.63) is 48.0 Å². The van der Waals surface area contributed by atoms with Gasteiger partial charge >= 0.3 is 0 Å². The van der Waals surface area contributed by atoms with E-state index in [4.69, 9.17) is 4.99 Å². The molecular weight excluding hydrogens is 386 g/mol. The summed E-state index contributed by atoms with van der Waals surface area (Å²) in [6.07, 6.45) is 7.77. The van der Waals surface area contributed by atoms with Gasteiger partial charge in [0.1, 0.15) is 12.2 Å². The van der Waals surface area contributed by atoms with Gasteiger partial charge in [0.25, 0.3) is 0 Å². The van der Waals surface area contributed by atoms with E-state index >= 15 is 0 Å². The Morgan fingerprint density at radius 1 is 1.16 bits per heavy atom. The fraction of sp³-hybridized carbons (Fsp3) is 0.625. The van der Waals surface area contributed by atoms with E-state index in [2.05, 4.69) is 81.4 Å². The van der Waals surface area contributed by atoms with Gasteiger partial charge in [0.2, 0.25) is 0 Å². The van der Waals surface area contributed by atoms with Crippen molar-refractivity contribution in [2.75, 3.05) is 26.2 Å². The Kier molecular flexibility index (Phi) is 9.34. The predicted molar refractivity (Wildman–Crippen MR) is 127 cm³/mol. The van der Waals surface area contributed by atoms with E-state index < -0.39 is 0 Å². The number of benzene rings is 1. The number of hydrogen-bond acceptors (Lipinski definition) is 4. The molecule has 2 N–H and O–H groups in total. The largest absolute Gasteiger partial charge is 0.355 e. The molecular formula is C24H39N7. The topological polar surface area (TPSA) is 70.4 Å². The summed E-state index contributed by atoms with van der Waals surface area (Å²) in [7, 11) is 0. The second-order valence-electron chi connectivity index (χ2n) is 8.18. The molecule has 1 heterocycles. The maximum Gasteiger partial charge on any atom is 0.191 e. The van der Waals surface area contributed by atoms with Crippen LogP contribution in [-0.2, 0) is 13.0 Å². The highest BCUT2D eigenvalue weighted by Gasteiger charge is 2.19. The summed E-state index contributed by atoms with van der Waals surface area (Å²) in [5, 5.41) is 15.5. The van der Waals surface area contributed by atoms with Crippen LogP contribution in [0.1, 0.15) is 63.9 Å². The number of rotatable bonds is 11. The smallest absolute Gasteiger partial charge is 0.191 e. The summed E-state index contributed by atoms with van der Waals surface area (Å²) >= 11 is 0. The van der Waals surface area contributed by atoms with E-state index in [-0.39, 0.29) is 6.04 Å². The van der Waals surface area contributed by atoms with Gasteiger partial charge in [0, 0.05) is 25.6 Å². The zero-order valence-electron chi connectivity index (χ0n) is 19.4. The van der Waals surface area contributed by atoms with E-state index in [1.165, 1.54) is 31.2 Å². The molecule has 0 saturated heterocycles. The molecule has 0 bridgehead atoms. The van der Waals surface area contributed by atoms with Crippen LogP contribution in [0.5, 0.6) is 0 Å². The van der Waals surface area contributed by atoms with Crippen LogP contribution in [0, 0.1) is 0 Å². The average molecular weight is 426 g/mol. The third-order valence-electron chi connectivity index (χ3n) is 6.21. The molecule has 7 nitrogen and oxygen atoms in total. The van der Waals surface area contributed by atoms with Gasteiger partial charge in [-0.05, 0) is 31.5 Å². The molecule has 170 valence electrons. The van der Waals surface area contributed by atoms with Gasteiger partial charge in [-0.1, -0.05) is 63.9 Å². The number of likely N-dealkylation sites (N-methyl/N-ethyl adjacent to an activating group) is 1. The predicted octanol–water partition coefficient (Wildman–Crippen LogP) is 3.40. The van der Waals surface area contributed by atoms with Crippen LogP contribution in [0.2, 0.25) is 0 Å². The Hall–Kier alpha value is -2.41. The van der Waals surface area contributed by atoms with Crippen molar-refractivity contribution in [2.24, 2.45) is 4.99 Å². The number of nitrogens with one attached hydrogen (secondary N) is 2. The van der Waals surface area contributed by atoms with Crippen molar-refractivity contribution < 1.29 is 0 Å². The lowest BCUT2D eigenvalue weighted by molar-refractivity contribution is 0.224. The molecule has 1 aliphatic rings. The standard InChI is InChI=1S/C24H39N7/c1-4-23-29-27-19-31(23)17-16-25-24(28-21-14-10-11-15-21)26-18-22(30(5-2)6-3)20-12-8-7-9-13-20/h7-9,12-13,19,21-22H,4-6,10-11,14-18H2,1-3H3,(H2,25,26,28). The highest BCUT2D eigenvalue weighted by molar-refractivity contribution is 5.80. The number of hydrogen-bond donors (Lipinski definition) is 2. The van der Waals surface area contributed by atoms with Gasteiger partial charge < -0.3 is 15.2 Å². The first kappa shape index (κ1) is 23.3. The first-order valence-electron chi connectivity index (χ1n) is 12.0. The second kappa shape index (κ2) is 12.4. The summed E-state index contributed by atoms with van der Waals surface area (Å²) in [6, 6.07) is 11.6. The number of nitrogens with zero attached hydrogens (tertiary/aromatic N) is 5. The Bertz CT molecular complexity index is 776. The van der Waals surface area contributed by atoms with Crippen molar-refractivity contribution in [2.45, 2.75) is 71.5 Å². The van der Waals surface area contributed by atoms with E-state index in [1.54, 1.807) is 0 Å². The molecule has 1 unspecified atom stereocenters. The highest BCUT2D eigenvalue weighted by atomic mass is 15.3. The minimum absolute atomic E-state index is 0.280. The Morgan fingerprint density at radius 3 is 2.58 bits per heavy atom. The summed E-state index contributed by atoms with van der Waals surface area (Å²) in [5.41, 5.74) is 1.33. The summed E-state index contributed by atoms with van der Waals surface area (Å²) in [6.45, 7) is 11.0. The van der Waals surface area contributed by atoms with E-state index in [0.717, 1.165) is 50.9 Å². The summed E-state index contributed by atoms with van der Waals surface area (Å²) in [4.78, 5) is 7.54. The molecule has 0 aliphatic heterocycles. The molecule has 1 fully saturated rings. The van der Waals surface area contributed by atoms with Crippen molar-refractivity contribution in [3.8, 4) is 0 Å². The molecule has 7 heteroatoms. The molecule has 31 heavy (non-hydrogen) atoms. The number of aryl methyl sites for hydroxylation is 1. The number of guanidine groups is 1. The summed E-state index contributed by atoms with van der Waals surface area (Å²) < 4.78 is 2.11. The van der Waals surface area contributed by atoms with E-state index in [0.29, 0.717) is 6.04 Å². The lowest BCUT2D eigenvalue weighted by Crippen LogP contribution is -2.44. The van der Waals surface area contributed by atoms with Crippen molar-refractivity contribution in [1.82, 2.24) is 30.3 Å².